The molecule has 0 aliphatic rings. The number of hydrogen-bond acceptors (Lipinski definition) is 5. The normalized spacial score (nSPS) is 11.6. The van der Waals surface area contributed by atoms with Crippen molar-refractivity contribution in [1.82, 2.24) is 14.9 Å². The number of amides is 1. The molecule has 3 rings (SSSR count). The molecule has 1 heterocycles. The molecule has 3 aromatic rings. The van der Waals surface area contributed by atoms with Gasteiger partial charge in [-0.3, -0.25) is 4.79 Å². The van der Waals surface area contributed by atoms with Crippen molar-refractivity contribution in [3.05, 3.63) is 81.9 Å². The highest BCUT2D eigenvalue weighted by Crippen LogP contribution is 2.34. The molecule has 0 fully saturated rings. The van der Waals surface area contributed by atoms with Gasteiger partial charge in [-0.05, 0) is 24.6 Å². The highest BCUT2D eigenvalue weighted by molar-refractivity contribution is 6.37. The summed E-state index contributed by atoms with van der Waals surface area (Å²) >= 11 is 12.4. The second-order valence-corrected chi connectivity index (χ2v) is 7.40. The smallest absolute Gasteiger partial charge is 0.338 e. The van der Waals surface area contributed by atoms with Gasteiger partial charge >= 0.3 is 5.97 Å². The first-order valence-electron chi connectivity index (χ1n) is 9.51. The molecule has 7 nitrogen and oxygen atoms in total. The van der Waals surface area contributed by atoms with E-state index in [9.17, 15) is 9.59 Å². The van der Waals surface area contributed by atoms with Crippen LogP contribution in [0.25, 0.3) is 0 Å². The molecule has 31 heavy (non-hydrogen) atoms. The maximum atomic E-state index is 12.7. The lowest BCUT2D eigenvalue weighted by atomic mass is 10.1. The van der Waals surface area contributed by atoms with Crippen molar-refractivity contribution in [1.29, 1.82) is 0 Å². The summed E-state index contributed by atoms with van der Waals surface area (Å²) in [5.41, 5.74) is 1.08. The van der Waals surface area contributed by atoms with Crippen LogP contribution >= 0.6 is 23.2 Å². The zero-order chi connectivity index (χ0) is 22.4. The number of ether oxygens (including phenoxy) is 2. The van der Waals surface area contributed by atoms with Crippen LogP contribution in [0, 0.1) is 0 Å². The number of hydrogen-bond donors (Lipinski definition) is 1. The van der Waals surface area contributed by atoms with E-state index in [-0.39, 0.29) is 34.6 Å². The molecule has 0 spiro atoms. The number of esters is 1. The molecule has 1 N–H and O–H groups in total. The third-order valence-electron chi connectivity index (χ3n) is 4.41. The maximum absolute atomic E-state index is 12.7. The van der Waals surface area contributed by atoms with Crippen LogP contribution in [0.15, 0.2) is 54.9 Å². The van der Waals surface area contributed by atoms with Crippen molar-refractivity contribution >= 4 is 35.1 Å². The SMILES string of the molecule is CCOC(=O)c1cc(Cl)c(OCC(=O)N[C@H](c2ccccc2)c2nccn2C)c(Cl)c1. The number of nitrogens with zero attached hydrogens (tertiary/aromatic N) is 2. The van der Waals surface area contributed by atoms with Crippen molar-refractivity contribution < 1.29 is 19.1 Å². The molecule has 2 aromatic carbocycles. The lowest BCUT2D eigenvalue weighted by Gasteiger charge is -2.19. The van der Waals surface area contributed by atoms with Crippen molar-refractivity contribution in [2.24, 2.45) is 7.05 Å². The highest BCUT2D eigenvalue weighted by atomic mass is 35.5. The molecule has 0 saturated heterocycles. The summed E-state index contributed by atoms with van der Waals surface area (Å²) in [6.45, 7) is 1.60. The average molecular weight is 462 g/mol. The van der Waals surface area contributed by atoms with Gasteiger partial charge in [0.15, 0.2) is 12.4 Å². The molecule has 0 radical (unpaired) electrons. The number of carbonyl (C=O) groups is 2. The van der Waals surface area contributed by atoms with Gasteiger partial charge in [0.05, 0.1) is 22.2 Å². The van der Waals surface area contributed by atoms with Crippen LogP contribution in [0.5, 0.6) is 5.75 Å². The van der Waals surface area contributed by atoms with Crippen LogP contribution < -0.4 is 10.1 Å². The Balaban J connectivity index is 1.73. The zero-order valence-electron chi connectivity index (χ0n) is 17.0. The minimum Gasteiger partial charge on any atom is -0.481 e. The van der Waals surface area contributed by atoms with Crippen LogP contribution in [-0.4, -0.2) is 34.6 Å². The summed E-state index contributed by atoms with van der Waals surface area (Å²) in [6, 6.07) is 11.8. The first kappa shape index (κ1) is 22.7. The Morgan fingerprint density at radius 1 is 1.16 bits per heavy atom. The second kappa shape index (κ2) is 10.3. The van der Waals surface area contributed by atoms with E-state index in [1.807, 2.05) is 41.9 Å². The topological polar surface area (TPSA) is 82.4 Å². The van der Waals surface area contributed by atoms with E-state index >= 15 is 0 Å². The first-order chi connectivity index (χ1) is 14.9. The molecular formula is C22H21Cl2N3O4. The zero-order valence-corrected chi connectivity index (χ0v) is 18.5. The monoisotopic (exact) mass is 461 g/mol. The van der Waals surface area contributed by atoms with Crippen LogP contribution in [0.4, 0.5) is 0 Å². The lowest BCUT2D eigenvalue weighted by Crippen LogP contribution is -2.34. The molecule has 1 atom stereocenters. The summed E-state index contributed by atoms with van der Waals surface area (Å²) in [5.74, 6) is -0.149. The Bertz CT molecular complexity index is 1050. The van der Waals surface area contributed by atoms with Gasteiger partial charge in [-0.1, -0.05) is 53.5 Å². The molecule has 0 aliphatic carbocycles. The van der Waals surface area contributed by atoms with Crippen molar-refractivity contribution in [2.45, 2.75) is 13.0 Å². The minimum atomic E-state index is -0.545. The number of carbonyl (C=O) groups excluding carboxylic acids is 2. The molecule has 1 amide bonds. The van der Waals surface area contributed by atoms with E-state index in [4.69, 9.17) is 32.7 Å². The number of nitrogens with one attached hydrogen (secondary N) is 1. The largest absolute Gasteiger partial charge is 0.481 e. The lowest BCUT2D eigenvalue weighted by molar-refractivity contribution is -0.123. The molecule has 0 bridgehead atoms. The number of benzene rings is 2. The second-order valence-electron chi connectivity index (χ2n) is 6.59. The van der Waals surface area contributed by atoms with Gasteiger partial charge in [-0.15, -0.1) is 0 Å². The summed E-state index contributed by atoms with van der Waals surface area (Å²) < 4.78 is 12.3. The van der Waals surface area contributed by atoms with Crippen molar-refractivity contribution in [3.63, 3.8) is 0 Å². The van der Waals surface area contributed by atoms with E-state index in [1.165, 1.54) is 12.1 Å². The highest BCUT2D eigenvalue weighted by Gasteiger charge is 2.22. The van der Waals surface area contributed by atoms with E-state index in [2.05, 4.69) is 10.3 Å². The quantitative estimate of drug-likeness (QED) is 0.508. The van der Waals surface area contributed by atoms with Gasteiger partial charge in [-0.2, -0.15) is 0 Å². The fraction of sp³-hybridized carbons (Fsp3) is 0.227. The van der Waals surface area contributed by atoms with Gasteiger partial charge < -0.3 is 19.4 Å². The van der Waals surface area contributed by atoms with Crippen LogP contribution in [0.1, 0.15) is 34.7 Å². The van der Waals surface area contributed by atoms with Gasteiger partial charge in [0.2, 0.25) is 0 Å². The number of aromatic nitrogens is 2. The van der Waals surface area contributed by atoms with Crippen molar-refractivity contribution in [3.8, 4) is 5.75 Å². The summed E-state index contributed by atoms with van der Waals surface area (Å²) in [6.07, 6.45) is 3.47. The van der Waals surface area contributed by atoms with E-state index in [1.54, 1.807) is 19.3 Å². The van der Waals surface area contributed by atoms with Gasteiger partial charge in [0.1, 0.15) is 11.9 Å². The van der Waals surface area contributed by atoms with Crippen molar-refractivity contribution in [2.75, 3.05) is 13.2 Å². The Labute approximate surface area is 189 Å². The van der Waals surface area contributed by atoms with Gasteiger partial charge in [0, 0.05) is 19.4 Å². The molecule has 1 aromatic heterocycles. The van der Waals surface area contributed by atoms with Crippen LogP contribution in [0.3, 0.4) is 0 Å². The van der Waals surface area contributed by atoms with Gasteiger partial charge in [-0.25, -0.2) is 9.78 Å². The Morgan fingerprint density at radius 3 is 2.42 bits per heavy atom. The fourth-order valence-electron chi connectivity index (χ4n) is 2.97. The van der Waals surface area contributed by atoms with Gasteiger partial charge in [0.25, 0.3) is 5.91 Å². The van der Waals surface area contributed by atoms with Crippen LogP contribution in [0.2, 0.25) is 10.0 Å². The molecule has 162 valence electrons. The van der Waals surface area contributed by atoms with E-state index in [0.29, 0.717) is 5.82 Å². The molecule has 0 unspecified atom stereocenters. The molecular weight excluding hydrogens is 441 g/mol. The number of imidazole rings is 1. The number of halogens is 2. The van der Waals surface area contributed by atoms with E-state index < -0.39 is 17.9 Å². The fourth-order valence-corrected chi connectivity index (χ4v) is 3.56. The maximum Gasteiger partial charge on any atom is 0.338 e. The van der Waals surface area contributed by atoms with Crippen LogP contribution in [-0.2, 0) is 16.6 Å². The average Bonchev–Trinajstić information content (AvgIpc) is 3.17. The Hall–Kier alpha value is -3.03. The summed E-state index contributed by atoms with van der Waals surface area (Å²) in [4.78, 5) is 28.9. The third-order valence-corrected chi connectivity index (χ3v) is 4.97. The predicted molar refractivity (Wildman–Crippen MR) is 118 cm³/mol. The number of rotatable bonds is 8. The molecule has 9 heteroatoms. The predicted octanol–water partition coefficient (Wildman–Crippen LogP) is 4.19. The minimum absolute atomic E-state index is 0.104. The first-order valence-corrected chi connectivity index (χ1v) is 10.3. The molecule has 0 saturated carbocycles. The Morgan fingerprint density at radius 2 is 1.84 bits per heavy atom. The molecule has 0 aliphatic heterocycles. The summed E-state index contributed by atoms with van der Waals surface area (Å²) in [7, 11) is 1.85. The summed E-state index contributed by atoms with van der Waals surface area (Å²) in [5, 5.41) is 3.13. The van der Waals surface area contributed by atoms with E-state index in [0.717, 1.165) is 5.56 Å². The Kier molecular flexibility index (Phi) is 7.55. The number of aryl methyl sites for hydroxylation is 1. The third kappa shape index (κ3) is 5.57. The standard InChI is InChI=1S/C22H21Cl2N3O4/c1-3-30-22(29)15-11-16(23)20(17(24)12-15)31-13-18(28)26-19(14-7-5-4-6-8-14)21-25-9-10-27(21)2/h4-12,19H,3,13H2,1-2H3,(H,26,28)/t19-/m1/s1.